The van der Waals surface area contributed by atoms with Gasteiger partial charge in [0.15, 0.2) is 0 Å². The molecule has 1 aromatic rings. The lowest BCUT2D eigenvalue weighted by molar-refractivity contribution is -0.142. The Morgan fingerprint density at radius 1 is 1.62 bits per heavy atom. The van der Waals surface area contributed by atoms with Gasteiger partial charge in [-0.15, -0.1) is 0 Å². The van der Waals surface area contributed by atoms with E-state index in [0.717, 1.165) is 12.0 Å². The lowest BCUT2D eigenvalue weighted by atomic mass is 9.97. The Labute approximate surface area is 75.7 Å². The zero-order valence-electron chi connectivity index (χ0n) is 7.06. The molecule has 0 radical (unpaired) electrons. The van der Waals surface area contributed by atoms with Gasteiger partial charge in [-0.05, 0) is 18.1 Å². The fourth-order valence-corrected chi connectivity index (χ4v) is 2.18. The lowest BCUT2D eigenvalue weighted by Crippen LogP contribution is -2.18. The van der Waals surface area contributed by atoms with Gasteiger partial charge in [-0.1, -0.05) is 6.07 Å². The first-order valence-corrected chi connectivity index (χ1v) is 4.42. The van der Waals surface area contributed by atoms with Crippen LogP contribution in [0.1, 0.15) is 12.0 Å². The number of ether oxygens (including phenoxy) is 1. The molecule has 13 heavy (non-hydrogen) atoms. The SMILES string of the molecule is O=C1OCC2CC12c1cccnc1. The average Bonchev–Trinajstić information content (AvgIpc) is 2.84. The quantitative estimate of drug-likeness (QED) is 0.595. The molecule has 1 aromatic heterocycles. The molecule has 66 valence electrons. The molecule has 0 bridgehead atoms. The summed E-state index contributed by atoms with van der Waals surface area (Å²) >= 11 is 0. The van der Waals surface area contributed by atoms with Gasteiger partial charge in [-0.2, -0.15) is 0 Å². The number of carbonyl (C=O) groups excluding carboxylic acids is 1. The maximum atomic E-state index is 11.5. The zero-order chi connectivity index (χ0) is 8.89. The van der Waals surface area contributed by atoms with Gasteiger partial charge in [0, 0.05) is 18.3 Å². The number of cyclic esters (lactones) is 1. The molecule has 1 aliphatic carbocycles. The summed E-state index contributed by atoms with van der Waals surface area (Å²) < 4.78 is 5.01. The van der Waals surface area contributed by atoms with Crippen LogP contribution >= 0.6 is 0 Å². The largest absolute Gasteiger partial charge is 0.465 e. The third kappa shape index (κ3) is 0.742. The molecule has 3 heteroatoms. The molecular formula is C10H9NO2. The minimum absolute atomic E-state index is 0.0644. The van der Waals surface area contributed by atoms with Crippen LogP contribution in [0.2, 0.25) is 0 Å². The van der Waals surface area contributed by atoms with Crippen LogP contribution in [0.3, 0.4) is 0 Å². The Balaban J connectivity index is 2.07. The Bertz CT molecular complexity index is 362. The molecule has 2 heterocycles. The molecule has 2 aliphatic rings. The van der Waals surface area contributed by atoms with Crippen molar-refractivity contribution in [3.8, 4) is 0 Å². The Morgan fingerprint density at radius 3 is 3.08 bits per heavy atom. The second-order valence-corrected chi connectivity index (χ2v) is 3.71. The molecule has 2 atom stereocenters. The van der Waals surface area contributed by atoms with Crippen molar-refractivity contribution in [1.29, 1.82) is 0 Å². The molecule has 0 aromatic carbocycles. The first kappa shape index (κ1) is 7.06. The molecule has 2 unspecified atom stereocenters. The van der Waals surface area contributed by atoms with E-state index in [1.807, 2.05) is 12.1 Å². The fraction of sp³-hybridized carbons (Fsp3) is 0.400. The highest BCUT2D eigenvalue weighted by Gasteiger charge is 2.66. The topological polar surface area (TPSA) is 39.2 Å². The number of hydrogen-bond acceptors (Lipinski definition) is 3. The smallest absolute Gasteiger partial charge is 0.317 e. The first-order valence-electron chi connectivity index (χ1n) is 4.42. The van der Waals surface area contributed by atoms with Crippen LogP contribution in [0.4, 0.5) is 0 Å². The number of nitrogens with zero attached hydrogens (tertiary/aromatic N) is 1. The highest BCUT2D eigenvalue weighted by molar-refractivity contribution is 5.89. The standard InChI is InChI=1S/C10H9NO2/c12-9-10(4-8(10)6-13-9)7-2-1-3-11-5-7/h1-3,5,8H,4,6H2. The maximum Gasteiger partial charge on any atom is 0.317 e. The van der Waals surface area contributed by atoms with Crippen molar-refractivity contribution in [3.05, 3.63) is 30.1 Å². The van der Waals surface area contributed by atoms with Crippen molar-refractivity contribution in [2.75, 3.05) is 6.61 Å². The van der Waals surface area contributed by atoms with Gasteiger partial charge in [0.2, 0.25) is 0 Å². The number of esters is 1. The molecule has 1 saturated carbocycles. The number of carbonyl (C=O) groups is 1. The van der Waals surface area contributed by atoms with Crippen LogP contribution in [-0.2, 0) is 14.9 Å². The number of rotatable bonds is 1. The molecule has 0 spiro atoms. The van der Waals surface area contributed by atoms with Crippen LogP contribution in [0.15, 0.2) is 24.5 Å². The van der Waals surface area contributed by atoms with Crippen LogP contribution in [0.5, 0.6) is 0 Å². The molecule has 3 rings (SSSR count). The van der Waals surface area contributed by atoms with Crippen LogP contribution in [0.25, 0.3) is 0 Å². The summed E-state index contributed by atoms with van der Waals surface area (Å²) in [6, 6.07) is 3.82. The van der Waals surface area contributed by atoms with Crippen molar-refractivity contribution in [1.82, 2.24) is 4.98 Å². The van der Waals surface area contributed by atoms with Crippen molar-refractivity contribution in [2.24, 2.45) is 5.92 Å². The lowest BCUT2D eigenvalue weighted by Gasteiger charge is -2.07. The maximum absolute atomic E-state index is 11.5. The summed E-state index contributed by atoms with van der Waals surface area (Å²) in [7, 11) is 0. The number of hydrogen-bond donors (Lipinski definition) is 0. The molecule has 3 nitrogen and oxygen atoms in total. The second kappa shape index (κ2) is 2.10. The van der Waals surface area contributed by atoms with E-state index in [4.69, 9.17) is 4.74 Å². The molecular weight excluding hydrogens is 166 g/mol. The normalized spacial score (nSPS) is 35.4. The van der Waals surface area contributed by atoms with Crippen molar-refractivity contribution in [3.63, 3.8) is 0 Å². The minimum Gasteiger partial charge on any atom is -0.465 e. The van der Waals surface area contributed by atoms with E-state index in [1.54, 1.807) is 12.4 Å². The predicted molar refractivity (Wildman–Crippen MR) is 45.0 cm³/mol. The van der Waals surface area contributed by atoms with E-state index >= 15 is 0 Å². The summed E-state index contributed by atoms with van der Waals surface area (Å²) in [5.74, 6) is 0.342. The monoisotopic (exact) mass is 175 g/mol. The minimum atomic E-state index is -0.311. The van der Waals surface area contributed by atoms with Crippen LogP contribution < -0.4 is 0 Å². The first-order chi connectivity index (χ1) is 6.34. The van der Waals surface area contributed by atoms with Gasteiger partial charge in [0.1, 0.15) is 5.41 Å². The van der Waals surface area contributed by atoms with Crippen molar-refractivity contribution < 1.29 is 9.53 Å². The third-order valence-corrected chi connectivity index (χ3v) is 3.06. The Hall–Kier alpha value is -1.38. The number of aromatic nitrogens is 1. The van der Waals surface area contributed by atoms with Crippen molar-refractivity contribution in [2.45, 2.75) is 11.8 Å². The summed E-state index contributed by atoms with van der Waals surface area (Å²) in [6.07, 6.45) is 4.43. The van der Waals surface area contributed by atoms with E-state index in [0.29, 0.717) is 12.5 Å². The van der Waals surface area contributed by atoms with E-state index in [2.05, 4.69) is 4.98 Å². The van der Waals surface area contributed by atoms with Gasteiger partial charge in [-0.25, -0.2) is 0 Å². The van der Waals surface area contributed by atoms with Gasteiger partial charge in [-0.3, -0.25) is 9.78 Å². The highest BCUT2D eigenvalue weighted by Crippen LogP contribution is 2.58. The van der Waals surface area contributed by atoms with Gasteiger partial charge in [0.25, 0.3) is 0 Å². The Kier molecular flexibility index (Phi) is 1.14. The van der Waals surface area contributed by atoms with Crippen LogP contribution in [0, 0.1) is 5.92 Å². The van der Waals surface area contributed by atoms with Crippen molar-refractivity contribution >= 4 is 5.97 Å². The second-order valence-electron chi connectivity index (χ2n) is 3.71. The summed E-state index contributed by atoms with van der Waals surface area (Å²) in [4.78, 5) is 15.5. The van der Waals surface area contributed by atoms with E-state index in [1.165, 1.54) is 0 Å². The third-order valence-electron chi connectivity index (χ3n) is 3.06. The van der Waals surface area contributed by atoms with E-state index < -0.39 is 0 Å². The fourth-order valence-electron chi connectivity index (χ4n) is 2.18. The molecule has 0 N–H and O–H groups in total. The molecule has 1 aliphatic heterocycles. The number of pyridine rings is 1. The Morgan fingerprint density at radius 2 is 2.54 bits per heavy atom. The van der Waals surface area contributed by atoms with Crippen LogP contribution in [-0.4, -0.2) is 17.6 Å². The zero-order valence-corrected chi connectivity index (χ0v) is 7.06. The summed E-state index contributed by atoms with van der Waals surface area (Å²) in [5, 5.41) is 0. The molecule has 0 amide bonds. The number of fused-ring (bicyclic) bond motifs is 1. The van der Waals surface area contributed by atoms with Gasteiger partial charge < -0.3 is 4.74 Å². The van der Waals surface area contributed by atoms with E-state index in [9.17, 15) is 4.79 Å². The van der Waals surface area contributed by atoms with Gasteiger partial charge in [0.05, 0.1) is 6.61 Å². The average molecular weight is 175 g/mol. The van der Waals surface area contributed by atoms with E-state index in [-0.39, 0.29) is 11.4 Å². The summed E-state index contributed by atoms with van der Waals surface area (Å²) in [5.41, 5.74) is 0.705. The molecule has 2 fully saturated rings. The predicted octanol–water partition coefficient (Wildman–Crippen LogP) is 0.896. The molecule has 1 saturated heterocycles. The summed E-state index contributed by atoms with van der Waals surface area (Å²) in [6.45, 7) is 0.591. The highest BCUT2D eigenvalue weighted by atomic mass is 16.5. The van der Waals surface area contributed by atoms with Gasteiger partial charge >= 0.3 is 5.97 Å².